The number of sulfonamides is 1. The summed E-state index contributed by atoms with van der Waals surface area (Å²) in [5.41, 5.74) is 0.0170. The maximum Gasteiger partial charge on any atom is 0.270 e. The zero-order valence-corrected chi connectivity index (χ0v) is 16.8. The number of hydrogen-bond acceptors (Lipinski definition) is 8. The van der Waals surface area contributed by atoms with E-state index in [1.165, 1.54) is 16.4 Å². The van der Waals surface area contributed by atoms with E-state index < -0.39 is 14.9 Å². The lowest BCUT2D eigenvalue weighted by Crippen LogP contribution is -2.40. The van der Waals surface area contributed by atoms with Crippen LogP contribution < -0.4 is 5.32 Å². The second kappa shape index (κ2) is 7.69. The van der Waals surface area contributed by atoms with Crippen LogP contribution in [0.2, 0.25) is 0 Å². The van der Waals surface area contributed by atoms with Gasteiger partial charge in [0.15, 0.2) is 5.82 Å². The molecule has 0 unspecified atom stereocenters. The van der Waals surface area contributed by atoms with E-state index in [-0.39, 0.29) is 29.7 Å². The molecule has 0 radical (unpaired) electrons. The van der Waals surface area contributed by atoms with Crippen LogP contribution in [0, 0.1) is 10.1 Å². The predicted molar refractivity (Wildman–Crippen MR) is 103 cm³/mol. The summed E-state index contributed by atoms with van der Waals surface area (Å²) in [5, 5.41) is 22.8. The molecule has 11 nitrogen and oxygen atoms in total. The highest BCUT2D eigenvalue weighted by Gasteiger charge is 2.31. The first-order valence-electron chi connectivity index (χ1n) is 9.43. The van der Waals surface area contributed by atoms with Crippen LogP contribution in [0.15, 0.2) is 23.1 Å². The lowest BCUT2D eigenvalue weighted by molar-refractivity contribution is -0.385. The summed E-state index contributed by atoms with van der Waals surface area (Å²) >= 11 is 0. The van der Waals surface area contributed by atoms with Crippen molar-refractivity contribution in [2.75, 3.05) is 31.6 Å². The van der Waals surface area contributed by atoms with Crippen molar-refractivity contribution in [3.8, 4) is 0 Å². The quantitative estimate of drug-likeness (QED) is 0.544. The Morgan fingerprint density at radius 3 is 2.72 bits per heavy atom. The molecule has 2 aliphatic rings. The van der Waals surface area contributed by atoms with E-state index in [0.717, 1.165) is 31.3 Å². The summed E-state index contributed by atoms with van der Waals surface area (Å²) in [4.78, 5) is 10.5. The van der Waals surface area contributed by atoms with Gasteiger partial charge in [-0.2, -0.15) is 4.31 Å². The molecule has 3 heterocycles. The molecule has 156 valence electrons. The van der Waals surface area contributed by atoms with E-state index in [1.807, 2.05) is 11.5 Å². The summed E-state index contributed by atoms with van der Waals surface area (Å²) < 4.78 is 35.0. The molecule has 1 aromatic heterocycles. The van der Waals surface area contributed by atoms with Crippen molar-refractivity contribution in [1.82, 2.24) is 19.1 Å². The highest BCUT2D eigenvalue weighted by Crippen LogP contribution is 2.32. The van der Waals surface area contributed by atoms with Gasteiger partial charge in [0.2, 0.25) is 10.0 Å². The third-order valence-electron chi connectivity index (χ3n) is 5.16. The maximum atomic E-state index is 13.2. The van der Waals surface area contributed by atoms with E-state index in [1.54, 1.807) is 0 Å². The fourth-order valence-corrected chi connectivity index (χ4v) is 5.26. The second-order valence-corrected chi connectivity index (χ2v) is 8.96. The molecule has 1 saturated heterocycles. The molecule has 1 atom stereocenters. The van der Waals surface area contributed by atoms with E-state index >= 15 is 0 Å². The smallest absolute Gasteiger partial charge is 0.270 e. The van der Waals surface area contributed by atoms with E-state index in [2.05, 4.69) is 15.5 Å². The van der Waals surface area contributed by atoms with Crippen LogP contribution in [0.3, 0.4) is 0 Å². The molecule has 1 N–H and O–H groups in total. The molecule has 29 heavy (non-hydrogen) atoms. The average molecular weight is 422 g/mol. The highest BCUT2D eigenvalue weighted by molar-refractivity contribution is 7.89. The van der Waals surface area contributed by atoms with Crippen molar-refractivity contribution >= 4 is 21.4 Å². The molecular formula is C17H22N6O5S. The first-order chi connectivity index (χ1) is 13.9. The fraction of sp³-hybridized carbons (Fsp3) is 0.529. The summed E-state index contributed by atoms with van der Waals surface area (Å²) in [6.07, 6.45) is 1.87. The van der Waals surface area contributed by atoms with Crippen LogP contribution >= 0.6 is 0 Å². The summed E-state index contributed by atoms with van der Waals surface area (Å²) in [7, 11) is -3.93. The predicted octanol–water partition coefficient (Wildman–Crippen LogP) is 1.33. The third-order valence-corrected chi connectivity index (χ3v) is 7.10. The molecule has 12 heteroatoms. The number of nitrogens with zero attached hydrogens (tertiary/aromatic N) is 5. The van der Waals surface area contributed by atoms with Gasteiger partial charge in [0.1, 0.15) is 10.7 Å². The number of rotatable bonds is 6. The Morgan fingerprint density at radius 1 is 1.24 bits per heavy atom. The average Bonchev–Trinajstić information content (AvgIpc) is 3.32. The first kappa shape index (κ1) is 19.7. The van der Waals surface area contributed by atoms with E-state index in [4.69, 9.17) is 4.74 Å². The molecule has 0 aliphatic carbocycles. The van der Waals surface area contributed by atoms with Gasteiger partial charge in [0, 0.05) is 38.2 Å². The Balaban J connectivity index is 1.69. The number of nitrogens with one attached hydrogen (secondary N) is 1. The summed E-state index contributed by atoms with van der Waals surface area (Å²) in [6, 6.07) is 3.51. The minimum absolute atomic E-state index is 0.124. The van der Waals surface area contributed by atoms with Gasteiger partial charge in [0.05, 0.1) is 29.9 Å². The molecular weight excluding hydrogens is 400 g/mol. The number of ether oxygens (including phenoxy) is 1. The molecule has 1 fully saturated rings. The Labute approximate surface area is 167 Å². The van der Waals surface area contributed by atoms with E-state index in [0.29, 0.717) is 24.7 Å². The number of fused-ring (bicyclic) bond motifs is 1. The Kier molecular flexibility index (Phi) is 5.23. The Hall–Kier alpha value is -2.57. The monoisotopic (exact) mass is 422 g/mol. The summed E-state index contributed by atoms with van der Waals surface area (Å²) in [6.45, 7) is 3.68. The van der Waals surface area contributed by atoms with Crippen molar-refractivity contribution in [3.05, 3.63) is 40.0 Å². The number of morpholine rings is 1. The zero-order chi connectivity index (χ0) is 20.6. The van der Waals surface area contributed by atoms with Crippen molar-refractivity contribution in [2.24, 2.45) is 0 Å². The van der Waals surface area contributed by atoms with Crippen LogP contribution in [0.5, 0.6) is 0 Å². The van der Waals surface area contributed by atoms with Crippen LogP contribution in [0.25, 0.3) is 0 Å². The highest BCUT2D eigenvalue weighted by atomic mass is 32.2. The molecule has 0 saturated carbocycles. The molecule has 2 aliphatic heterocycles. The largest absolute Gasteiger partial charge is 0.379 e. The number of aromatic nitrogens is 3. The van der Waals surface area contributed by atoms with Gasteiger partial charge in [-0.3, -0.25) is 10.1 Å². The number of anilines is 1. The number of nitro groups is 1. The van der Waals surface area contributed by atoms with Crippen molar-refractivity contribution in [1.29, 1.82) is 0 Å². The van der Waals surface area contributed by atoms with Crippen molar-refractivity contribution < 1.29 is 18.1 Å². The molecule has 0 spiro atoms. The fourth-order valence-electron chi connectivity index (χ4n) is 3.67. The van der Waals surface area contributed by atoms with Gasteiger partial charge in [-0.1, -0.05) is 0 Å². The lowest BCUT2D eigenvalue weighted by atomic mass is 10.2. The Bertz CT molecular complexity index is 1030. The topological polar surface area (TPSA) is 132 Å². The summed E-state index contributed by atoms with van der Waals surface area (Å²) in [5.74, 6) is 1.63. The van der Waals surface area contributed by atoms with Gasteiger partial charge in [-0.05, 0) is 19.4 Å². The minimum atomic E-state index is -3.93. The van der Waals surface area contributed by atoms with Crippen molar-refractivity contribution in [3.63, 3.8) is 0 Å². The van der Waals surface area contributed by atoms with Crippen molar-refractivity contribution in [2.45, 2.75) is 37.2 Å². The van der Waals surface area contributed by atoms with Gasteiger partial charge in [-0.25, -0.2) is 8.42 Å². The number of aryl methyl sites for hydroxylation is 1. The van der Waals surface area contributed by atoms with Gasteiger partial charge in [-0.15, -0.1) is 10.2 Å². The number of benzene rings is 1. The SMILES string of the molecule is C[C@H](Nc1ccc([N+](=O)[O-])cc1S(=O)(=O)N1CCOCC1)c1nnc2n1CCC2. The lowest BCUT2D eigenvalue weighted by Gasteiger charge is -2.27. The number of hydrogen-bond donors (Lipinski definition) is 1. The third kappa shape index (κ3) is 3.70. The van der Waals surface area contributed by atoms with Crippen LogP contribution in [-0.2, 0) is 27.7 Å². The van der Waals surface area contributed by atoms with Crippen LogP contribution in [0.1, 0.15) is 31.0 Å². The molecule has 4 rings (SSSR count). The van der Waals surface area contributed by atoms with E-state index in [9.17, 15) is 18.5 Å². The molecule has 2 aromatic rings. The maximum absolute atomic E-state index is 13.2. The standard InChI is InChI=1S/C17H22N6O5S/c1-12(17-20-19-16-3-2-6-22(16)17)18-14-5-4-13(23(24)25)11-15(14)29(26,27)21-7-9-28-10-8-21/h4-5,11-12,18H,2-3,6-10H2,1H3/t12-/m0/s1. The van der Waals surface area contributed by atoms with Crippen LogP contribution in [0.4, 0.5) is 11.4 Å². The second-order valence-electron chi connectivity index (χ2n) is 7.05. The van der Waals surface area contributed by atoms with Gasteiger partial charge >= 0.3 is 0 Å². The minimum Gasteiger partial charge on any atom is -0.379 e. The zero-order valence-electron chi connectivity index (χ0n) is 15.9. The number of non-ortho nitro benzene ring substituents is 1. The number of nitro benzene ring substituents is 1. The van der Waals surface area contributed by atoms with Gasteiger partial charge in [0.25, 0.3) is 5.69 Å². The Morgan fingerprint density at radius 2 is 2.00 bits per heavy atom. The molecule has 0 amide bonds. The van der Waals surface area contributed by atoms with Gasteiger partial charge < -0.3 is 14.6 Å². The molecule has 0 bridgehead atoms. The van der Waals surface area contributed by atoms with Crippen LogP contribution in [-0.4, -0.2) is 58.7 Å². The molecule has 1 aromatic carbocycles. The first-order valence-corrected chi connectivity index (χ1v) is 10.9. The normalized spacial score (nSPS) is 18.4.